The van der Waals surface area contributed by atoms with Crippen molar-refractivity contribution in [3.8, 4) is 16.9 Å². The molecule has 0 radical (unpaired) electrons. The number of phenols is 1. The smallest absolute Gasteiger partial charge is 0.261 e. The molecule has 2 aromatic carbocycles. The summed E-state index contributed by atoms with van der Waals surface area (Å²) in [4.78, 5) is 21.3. The highest BCUT2D eigenvalue weighted by atomic mass is 16.3. The zero-order valence-electron chi connectivity index (χ0n) is 19.1. The fourth-order valence-corrected chi connectivity index (χ4v) is 5.33. The van der Waals surface area contributed by atoms with Crippen LogP contribution >= 0.6 is 0 Å². The summed E-state index contributed by atoms with van der Waals surface area (Å²) in [6, 6.07) is 13.8. The zero-order chi connectivity index (χ0) is 22.2. The molecule has 5 rings (SSSR count). The van der Waals surface area contributed by atoms with Crippen LogP contribution in [0.25, 0.3) is 22.0 Å². The molecule has 0 amide bonds. The number of phenolic OH excluding ortho intramolecular Hbond substituents is 1. The summed E-state index contributed by atoms with van der Waals surface area (Å²) in [6.45, 7) is 7.25. The van der Waals surface area contributed by atoms with Crippen molar-refractivity contribution in [1.82, 2.24) is 14.5 Å². The Balaban J connectivity index is 1.53. The molecule has 168 valence electrons. The van der Waals surface area contributed by atoms with E-state index in [9.17, 15) is 9.90 Å². The summed E-state index contributed by atoms with van der Waals surface area (Å²) in [5.41, 5.74) is 2.34. The van der Waals surface area contributed by atoms with Crippen LogP contribution in [0.2, 0.25) is 0 Å². The van der Waals surface area contributed by atoms with Crippen LogP contribution in [0.1, 0.15) is 57.7 Å². The maximum Gasteiger partial charge on any atom is 0.261 e. The van der Waals surface area contributed by atoms with Gasteiger partial charge in [-0.15, -0.1) is 0 Å². The third kappa shape index (κ3) is 3.95. The van der Waals surface area contributed by atoms with Gasteiger partial charge in [0.15, 0.2) is 0 Å². The average molecular weight is 432 g/mol. The minimum Gasteiger partial charge on any atom is -0.507 e. The summed E-state index contributed by atoms with van der Waals surface area (Å²) in [7, 11) is 0. The van der Waals surface area contributed by atoms with Gasteiger partial charge in [0, 0.05) is 30.6 Å². The third-order valence-electron chi connectivity index (χ3n) is 7.30. The number of fused-ring (bicyclic) bond motifs is 1. The molecular formula is C27H33N3O2. The highest BCUT2D eigenvalue weighted by Crippen LogP contribution is 2.32. The Labute approximate surface area is 189 Å². The van der Waals surface area contributed by atoms with Gasteiger partial charge in [0.2, 0.25) is 0 Å². The van der Waals surface area contributed by atoms with Gasteiger partial charge >= 0.3 is 0 Å². The summed E-state index contributed by atoms with van der Waals surface area (Å²) in [5, 5.41) is 10.9. The second kappa shape index (κ2) is 8.70. The number of benzene rings is 2. The van der Waals surface area contributed by atoms with Gasteiger partial charge in [-0.05, 0) is 61.9 Å². The van der Waals surface area contributed by atoms with Gasteiger partial charge in [0.25, 0.3) is 5.56 Å². The first kappa shape index (κ1) is 21.2. The maximum absolute atomic E-state index is 13.7. The summed E-state index contributed by atoms with van der Waals surface area (Å²) >= 11 is 0. The first-order valence-electron chi connectivity index (χ1n) is 12.1. The Morgan fingerprint density at radius 2 is 1.91 bits per heavy atom. The Morgan fingerprint density at radius 3 is 2.62 bits per heavy atom. The van der Waals surface area contributed by atoms with Crippen LogP contribution in [0.4, 0.5) is 0 Å². The van der Waals surface area contributed by atoms with Gasteiger partial charge < -0.3 is 10.0 Å². The molecule has 2 aliphatic rings. The second-order valence-electron chi connectivity index (χ2n) is 9.88. The predicted molar refractivity (Wildman–Crippen MR) is 129 cm³/mol. The molecule has 5 heteroatoms. The van der Waals surface area contributed by atoms with Gasteiger partial charge in [-0.3, -0.25) is 9.36 Å². The predicted octanol–water partition coefficient (Wildman–Crippen LogP) is 5.16. The van der Waals surface area contributed by atoms with E-state index in [-0.39, 0.29) is 17.2 Å². The van der Waals surface area contributed by atoms with E-state index in [1.807, 2.05) is 34.9 Å². The Kier molecular flexibility index (Phi) is 5.76. The lowest BCUT2D eigenvalue weighted by molar-refractivity contribution is 0.0712. The van der Waals surface area contributed by atoms with E-state index in [1.165, 1.54) is 38.6 Å². The van der Waals surface area contributed by atoms with E-state index >= 15 is 0 Å². The molecule has 1 atom stereocenters. The van der Waals surface area contributed by atoms with Gasteiger partial charge in [-0.25, -0.2) is 4.98 Å². The average Bonchev–Trinajstić information content (AvgIpc) is 2.75. The number of likely N-dealkylation sites (tertiary alicyclic amines) is 1. The molecule has 32 heavy (non-hydrogen) atoms. The molecule has 5 nitrogen and oxygen atoms in total. The highest BCUT2D eigenvalue weighted by Gasteiger charge is 2.30. The van der Waals surface area contributed by atoms with E-state index in [1.54, 1.807) is 12.1 Å². The molecule has 1 aliphatic carbocycles. The van der Waals surface area contributed by atoms with E-state index in [4.69, 9.17) is 4.98 Å². The number of piperidine rings is 1. The molecule has 1 aliphatic heterocycles. The second-order valence-corrected chi connectivity index (χ2v) is 9.88. The zero-order valence-corrected chi connectivity index (χ0v) is 19.1. The molecule has 2 heterocycles. The summed E-state index contributed by atoms with van der Waals surface area (Å²) in [5.74, 6) is 1.76. The Hall–Kier alpha value is -2.66. The lowest BCUT2D eigenvalue weighted by Gasteiger charge is -2.42. The number of rotatable bonds is 5. The molecule has 0 bridgehead atoms. The van der Waals surface area contributed by atoms with Crippen molar-refractivity contribution in [2.75, 3.05) is 13.1 Å². The molecule has 3 aromatic rings. The summed E-state index contributed by atoms with van der Waals surface area (Å²) in [6.07, 6.45) is 6.40. The molecule has 1 saturated carbocycles. The molecule has 1 N–H and O–H groups in total. The van der Waals surface area contributed by atoms with Crippen LogP contribution in [0.5, 0.6) is 5.75 Å². The van der Waals surface area contributed by atoms with E-state index in [0.29, 0.717) is 11.3 Å². The number of aromatic hydroxyl groups is 1. The molecule has 1 saturated heterocycles. The van der Waals surface area contributed by atoms with Crippen molar-refractivity contribution in [1.29, 1.82) is 0 Å². The first-order chi connectivity index (χ1) is 15.5. The largest absolute Gasteiger partial charge is 0.507 e. The topological polar surface area (TPSA) is 58.4 Å². The number of nitrogens with zero attached hydrogens (tertiary/aromatic N) is 3. The van der Waals surface area contributed by atoms with E-state index in [0.717, 1.165) is 41.6 Å². The number of hydrogen-bond acceptors (Lipinski definition) is 4. The van der Waals surface area contributed by atoms with Crippen molar-refractivity contribution in [2.24, 2.45) is 5.92 Å². The van der Waals surface area contributed by atoms with Crippen LogP contribution in [-0.2, 0) is 6.54 Å². The van der Waals surface area contributed by atoms with Crippen molar-refractivity contribution >= 4 is 10.9 Å². The van der Waals surface area contributed by atoms with Crippen molar-refractivity contribution in [2.45, 2.75) is 64.5 Å². The normalized spacial score (nSPS) is 20.0. The molecule has 2 fully saturated rings. The van der Waals surface area contributed by atoms with Crippen LogP contribution in [0, 0.1) is 5.92 Å². The lowest BCUT2D eigenvalue weighted by Crippen LogP contribution is -2.47. The SMILES string of the molecule is CC(C)c1nc2ccc(-c3ccccc3O)cc2c(=O)n1C[C@H]1CCCN(C2CCC2)C1. The standard InChI is InChI=1S/C27H33N3O2/c1-18(2)26-28-24-13-12-20(22-10-3-4-11-25(22)31)15-23(24)27(32)30(26)17-19-7-6-14-29(16-19)21-8-5-9-21/h3-4,10-13,15,18-19,21,31H,5-9,14,16-17H2,1-2H3/t19-/m0/s1. The van der Waals surface area contributed by atoms with E-state index < -0.39 is 0 Å². The lowest BCUT2D eigenvalue weighted by atomic mass is 9.87. The van der Waals surface area contributed by atoms with Crippen LogP contribution in [-0.4, -0.2) is 38.7 Å². The molecule has 1 aromatic heterocycles. The maximum atomic E-state index is 13.7. The fraction of sp³-hybridized carbons (Fsp3) is 0.481. The number of para-hydroxylation sites is 1. The van der Waals surface area contributed by atoms with Crippen molar-refractivity contribution < 1.29 is 5.11 Å². The van der Waals surface area contributed by atoms with Crippen LogP contribution in [0.15, 0.2) is 47.3 Å². The number of aromatic nitrogens is 2. The summed E-state index contributed by atoms with van der Waals surface area (Å²) < 4.78 is 1.94. The third-order valence-corrected chi connectivity index (χ3v) is 7.30. The fourth-order valence-electron chi connectivity index (χ4n) is 5.33. The van der Waals surface area contributed by atoms with Gasteiger partial charge in [0.05, 0.1) is 10.9 Å². The van der Waals surface area contributed by atoms with Crippen molar-refractivity contribution in [3.63, 3.8) is 0 Å². The quantitative estimate of drug-likeness (QED) is 0.606. The van der Waals surface area contributed by atoms with Crippen LogP contribution < -0.4 is 5.56 Å². The van der Waals surface area contributed by atoms with Gasteiger partial charge in [-0.2, -0.15) is 0 Å². The van der Waals surface area contributed by atoms with E-state index in [2.05, 4.69) is 18.7 Å². The number of hydrogen-bond donors (Lipinski definition) is 1. The minimum atomic E-state index is 0.0386. The monoisotopic (exact) mass is 431 g/mol. The molecule has 0 spiro atoms. The van der Waals surface area contributed by atoms with Gasteiger partial charge in [0.1, 0.15) is 11.6 Å². The molecular weight excluding hydrogens is 398 g/mol. The minimum absolute atomic E-state index is 0.0386. The van der Waals surface area contributed by atoms with Crippen molar-refractivity contribution in [3.05, 3.63) is 58.6 Å². The Morgan fingerprint density at radius 1 is 1.09 bits per heavy atom. The highest BCUT2D eigenvalue weighted by molar-refractivity contribution is 5.85. The molecule has 0 unspecified atom stereocenters. The van der Waals surface area contributed by atoms with Crippen LogP contribution in [0.3, 0.4) is 0 Å². The Bertz CT molecular complexity index is 1180. The first-order valence-corrected chi connectivity index (χ1v) is 12.1. The van der Waals surface area contributed by atoms with Gasteiger partial charge in [-0.1, -0.05) is 44.5 Å².